The zero-order chi connectivity index (χ0) is 18.4. The van der Waals surface area contributed by atoms with Gasteiger partial charge in [0.15, 0.2) is 0 Å². The summed E-state index contributed by atoms with van der Waals surface area (Å²) in [5.74, 6) is 1.57. The van der Waals surface area contributed by atoms with Crippen LogP contribution in [0, 0.1) is 6.92 Å². The number of aromatic nitrogens is 3. The number of aromatic amines is 1. The van der Waals surface area contributed by atoms with Crippen LogP contribution >= 0.6 is 11.3 Å². The van der Waals surface area contributed by atoms with Gasteiger partial charge in [0.25, 0.3) is 5.91 Å². The zero-order valence-corrected chi connectivity index (χ0v) is 15.6. The first-order valence-corrected chi connectivity index (χ1v) is 9.82. The van der Waals surface area contributed by atoms with Gasteiger partial charge < -0.3 is 14.8 Å². The third kappa shape index (κ3) is 2.94. The first-order valence-electron chi connectivity index (χ1n) is 9.01. The molecular weight excluding hydrogens is 360 g/mol. The molecule has 1 saturated carbocycles. The van der Waals surface area contributed by atoms with Crippen LogP contribution in [0.1, 0.15) is 46.4 Å². The average molecular weight is 378 g/mol. The Bertz CT molecular complexity index is 1100. The van der Waals surface area contributed by atoms with E-state index in [2.05, 4.69) is 20.4 Å². The molecule has 3 aromatic heterocycles. The quantitative estimate of drug-likeness (QED) is 0.517. The molecule has 0 spiro atoms. The van der Waals surface area contributed by atoms with Crippen LogP contribution in [0.4, 0.5) is 5.69 Å². The van der Waals surface area contributed by atoms with E-state index in [0.29, 0.717) is 17.4 Å². The molecular formula is C20H18N4O2S. The highest BCUT2D eigenvalue weighted by atomic mass is 32.1. The van der Waals surface area contributed by atoms with Crippen LogP contribution < -0.4 is 5.32 Å². The van der Waals surface area contributed by atoms with Crippen LogP contribution in [0.5, 0.6) is 0 Å². The first-order chi connectivity index (χ1) is 13.2. The van der Waals surface area contributed by atoms with E-state index in [4.69, 9.17) is 4.52 Å². The van der Waals surface area contributed by atoms with Gasteiger partial charge in [-0.05, 0) is 38.0 Å². The molecule has 1 aliphatic carbocycles. The molecule has 2 N–H and O–H groups in total. The average Bonchev–Trinajstić information content (AvgIpc) is 3.32. The third-order valence-corrected chi connectivity index (χ3v) is 6.10. The minimum atomic E-state index is -0.165. The second-order valence-corrected chi connectivity index (χ2v) is 8.15. The molecule has 1 aliphatic rings. The fraction of sp³-hybridized carbons (Fsp3) is 0.250. The van der Waals surface area contributed by atoms with Crippen LogP contribution in [-0.2, 0) is 0 Å². The van der Waals surface area contributed by atoms with Gasteiger partial charge in [-0.25, -0.2) is 0 Å². The van der Waals surface area contributed by atoms with Crippen molar-refractivity contribution in [1.82, 2.24) is 15.1 Å². The summed E-state index contributed by atoms with van der Waals surface area (Å²) in [5.41, 5.74) is 2.25. The smallest absolute Gasteiger partial charge is 0.272 e. The largest absolute Gasteiger partial charge is 0.351 e. The number of benzene rings is 1. The fourth-order valence-electron chi connectivity index (χ4n) is 3.26. The van der Waals surface area contributed by atoms with Gasteiger partial charge in [-0.2, -0.15) is 4.98 Å². The molecule has 0 saturated heterocycles. The predicted octanol–water partition coefficient (Wildman–Crippen LogP) is 5.11. The summed E-state index contributed by atoms with van der Waals surface area (Å²) in [4.78, 5) is 22.2. The Balaban J connectivity index is 1.37. The van der Waals surface area contributed by atoms with E-state index in [-0.39, 0.29) is 5.91 Å². The lowest BCUT2D eigenvalue weighted by Crippen LogP contribution is -2.12. The monoisotopic (exact) mass is 378 g/mol. The summed E-state index contributed by atoms with van der Waals surface area (Å²) in [7, 11) is 0. The summed E-state index contributed by atoms with van der Waals surface area (Å²) >= 11 is 1.55. The van der Waals surface area contributed by atoms with E-state index in [0.717, 1.165) is 45.1 Å². The molecule has 136 valence electrons. The van der Waals surface area contributed by atoms with Crippen LogP contribution in [0.3, 0.4) is 0 Å². The minimum absolute atomic E-state index is 0.165. The highest BCUT2D eigenvalue weighted by molar-refractivity contribution is 7.16. The maximum absolute atomic E-state index is 12.6. The molecule has 1 aromatic carbocycles. The Morgan fingerprint density at radius 2 is 2.15 bits per heavy atom. The van der Waals surface area contributed by atoms with Crippen molar-refractivity contribution in [2.45, 2.75) is 32.1 Å². The van der Waals surface area contributed by atoms with Crippen molar-refractivity contribution in [3.63, 3.8) is 0 Å². The third-order valence-electron chi connectivity index (χ3n) is 5.06. The number of nitrogens with one attached hydrogen (secondary N) is 2. The molecule has 0 bridgehead atoms. The van der Waals surface area contributed by atoms with Crippen molar-refractivity contribution in [1.29, 1.82) is 0 Å². The Labute approximate surface area is 159 Å². The van der Waals surface area contributed by atoms with E-state index >= 15 is 0 Å². The van der Waals surface area contributed by atoms with Crippen molar-refractivity contribution < 1.29 is 9.32 Å². The van der Waals surface area contributed by atoms with Gasteiger partial charge in [0.1, 0.15) is 5.69 Å². The maximum atomic E-state index is 12.6. The summed E-state index contributed by atoms with van der Waals surface area (Å²) < 4.78 is 5.41. The molecule has 1 amide bonds. The molecule has 0 atom stereocenters. The number of nitrogens with zero attached hydrogens (tertiary/aromatic N) is 2. The second kappa shape index (κ2) is 6.35. The number of thiophene rings is 1. The van der Waals surface area contributed by atoms with Crippen LogP contribution in [0.25, 0.3) is 21.6 Å². The highest BCUT2D eigenvalue weighted by Crippen LogP contribution is 2.38. The van der Waals surface area contributed by atoms with E-state index in [9.17, 15) is 4.79 Å². The van der Waals surface area contributed by atoms with E-state index in [1.165, 1.54) is 6.42 Å². The number of rotatable bonds is 4. The van der Waals surface area contributed by atoms with E-state index < -0.39 is 0 Å². The number of aryl methyl sites for hydroxylation is 1. The number of para-hydroxylation sites is 1. The van der Waals surface area contributed by atoms with Gasteiger partial charge in [-0.15, -0.1) is 11.3 Å². The molecule has 0 aliphatic heterocycles. The normalized spacial score (nSPS) is 14.4. The fourth-order valence-corrected chi connectivity index (χ4v) is 4.16. The topological polar surface area (TPSA) is 83.8 Å². The molecule has 27 heavy (non-hydrogen) atoms. The molecule has 7 heteroatoms. The number of hydrogen-bond acceptors (Lipinski definition) is 5. The summed E-state index contributed by atoms with van der Waals surface area (Å²) in [5, 5.41) is 8.11. The van der Waals surface area contributed by atoms with Crippen molar-refractivity contribution >= 4 is 33.8 Å². The molecule has 0 radical (unpaired) electrons. The van der Waals surface area contributed by atoms with Gasteiger partial charge in [0.05, 0.1) is 10.6 Å². The van der Waals surface area contributed by atoms with Crippen LogP contribution in [-0.4, -0.2) is 21.0 Å². The standard InChI is InChI=1S/C20H18N4O2S/c1-11-15(22-19(25)16-9-13-5-2-3-8-14(13)21-16)10-17(27-11)18-23-20(26-24-18)12-6-4-7-12/h2-3,5,8-10,12,21H,4,6-7H2,1H3,(H,22,25). The summed E-state index contributed by atoms with van der Waals surface area (Å²) in [6, 6.07) is 11.6. The number of anilines is 1. The molecule has 1 fully saturated rings. The van der Waals surface area contributed by atoms with Gasteiger partial charge in [-0.3, -0.25) is 4.79 Å². The lowest BCUT2D eigenvalue weighted by molar-refractivity contribution is 0.102. The minimum Gasteiger partial charge on any atom is -0.351 e. The van der Waals surface area contributed by atoms with Crippen molar-refractivity contribution in [3.05, 3.63) is 52.9 Å². The van der Waals surface area contributed by atoms with Gasteiger partial charge in [0.2, 0.25) is 11.7 Å². The van der Waals surface area contributed by atoms with Gasteiger partial charge >= 0.3 is 0 Å². The molecule has 5 rings (SSSR count). The van der Waals surface area contributed by atoms with Gasteiger partial charge in [-0.1, -0.05) is 29.8 Å². The molecule has 4 aromatic rings. The van der Waals surface area contributed by atoms with Gasteiger partial charge in [0, 0.05) is 21.7 Å². The Morgan fingerprint density at radius 1 is 1.30 bits per heavy atom. The van der Waals surface area contributed by atoms with Crippen molar-refractivity contribution in [3.8, 4) is 10.7 Å². The molecule has 3 heterocycles. The predicted molar refractivity (Wildman–Crippen MR) is 105 cm³/mol. The van der Waals surface area contributed by atoms with E-state index in [1.54, 1.807) is 11.3 Å². The maximum Gasteiger partial charge on any atom is 0.272 e. The SMILES string of the molecule is Cc1sc(-c2noc(C3CCC3)n2)cc1NC(=O)c1cc2ccccc2[nH]1. The Morgan fingerprint density at radius 3 is 2.93 bits per heavy atom. The highest BCUT2D eigenvalue weighted by Gasteiger charge is 2.26. The van der Waals surface area contributed by atoms with Crippen molar-refractivity contribution in [2.75, 3.05) is 5.32 Å². The zero-order valence-electron chi connectivity index (χ0n) is 14.8. The number of carbonyl (C=O) groups is 1. The second-order valence-electron chi connectivity index (χ2n) is 6.89. The van der Waals surface area contributed by atoms with Crippen LogP contribution in [0.15, 0.2) is 40.9 Å². The van der Waals surface area contributed by atoms with E-state index in [1.807, 2.05) is 43.3 Å². The van der Waals surface area contributed by atoms with Crippen molar-refractivity contribution in [2.24, 2.45) is 0 Å². The van der Waals surface area contributed by atoms with Crippen LogP contribution in [0.2, 0.25) is 0 Å². The molecule has 0 unspecified atom stereocenters. The number of amides is 1. The number of H-pyrrole nitrogens is 1. The number of hydrogen-bond donors (Lipinski definition) is 2. The Hall–Kier alpha value is -2.93. The lowest BCUT2D eigenvalue weighted by Gasteiger charge is -2.20. The lowest BCUT2D eigenvalue weighted by atomic mass is 9.85. The summed E-state index contributed by atoms with van der Waals surface area (Å²) in [6.45, 7) is 1.97. The number of fused-ring (bicyclic) bond motifs is 1. The Kier molecular flexibility index (Phi) is 3.82. The first kappa shape index (κ1) is 16.3. The summed E-state index contributed by atoms with van der Waals surface area (Å²) in [6.07, 6.45) is 3.47. The molecule has 6 nitrogen and oxygen atoms in total. The number of carbonyl (C=O) groups excluding carboxylic acids is 1.